The quantitative estimate of drug-likeness (QED) is 0.497. The Bertz CT molecular complexity index is 1560. The lowest BCUT2D eigenvalue weighted by Crippen LogP contribution is -2.33. The van der Waals surface area contributed by atoms with Gasteiger partial charge in [-0.25, -0.2) is 0 Å². The maximum Gasteiger partial charge on any atom is 0.205 e. The van der Waals surface area contributed by atoms with Gasteiger partial charge in [0.25, 0.3) is 0 Å². The van der Waals surface area contributed by atoms with Gasteiger partial charge in [-0.2, -0.15) is 0 Å². The van der Waals surface area contributed by atoms with E-state index in [1.165, 1.54) is 6.26 Å². The van der Waals surface area contributed by atoms with Crippen molar-refractivity contribution in [3.63, 3.8) is 0 Å². The molecular formula is C25H17NO5. The monoisotopic (exact) mass is 411 g/mol. The standard InChI is InChI=1S/C25H17NO5/c27-17-9-5-8-16-21(17)20(15-12-30-18-10-3-1-6-13(18)23(15)28)22-24(29)14-7-2-4-11-19(14)31-25(22)26-16/h1-4,6-7,10-12,20,26H,5,8-9H2. The van der Waals surface area contributed by atoms with Crippen molar-refractivity contribution in [2.45, 2.75) is 25.2 Å². The molecule has 4 aromatic rings. The minimum absolute atomic E-state index is 0.0653. The number of carbonyl (C=O) groups excluding carboxylic acids is 1. The van der Waals surface area contributed by atoms with Crippen molar-refractivity contribution >= 4 is 33.6 Å². The predicted octanol–water partition coefficient (Wildman–Crippen LogP) is 4.46. The summed E-state index contributed by atoms with van der Waals surface area (Å²) >= 11 is 0. The van der Waals surface area contributed by atoms with Gasteiger partial charge in [-0.1, -0.05) is 24.3 Å². The van der Waals surface area contributed by atoms with Crippen molar-refractivity contribution in [3.8, 4) is 0 Å². The van der Waals surface area contributed by atoms with Crippen LogP contribution in [0.3, 0.4) is 0 Å². The fourth-order valence-corrected chi connectivity index (χ4v) is 4.72. The first-order chi connectivity index (χ1) is 15.1. The van der Waals surface area contributed by atoms with Crippen LogP contribution in [0.4, 0.5) is 5.88 Å². The molecule has 0 amide bonds. The number of benzene rings is 2. The van der Waals surface area contributed by atoms with Crippen LogP contribution in [-0.4, -0.2) is 5.78 Å². The SMILES string of the molecule is O=C1CCCC2=C1C(c1coc3ccccc3c1=O)c1c(oc3ccccc3c1=O)N2. The molecule has 0 bridgehead atoms. The van der Waals surface area contributed by atoms with E-state index in [-0.39, 0.29) is 33.7 Å². The first-order valence-corrected chi connectivity index (χ1v) is 10.2. The molecule has 1 aliphatic heterocycles. The van der Waals surface area contributed by atoms with Crippen molar-refractivity contribution in [2.75, 3.05) is 5.32 Å². The van der Waals surface area contributed by atoms with E-state index in [1.807, 2.05) is 0 Å². The molecule has 1 aliphatic carbocycles. The average Bonchev–Trinajstić information content (AvgIpc) is 2.79. The summed E-state index contributed by atoms with van der Waals surface area (Å²) < 4.78 is 11.8. The summed E-state index contributed by atoms with van der Waals surface area (Å²) in [5, 5.41) is 4.00. The van der Waals surface area contributed by atoms with Crippen LogP contribution < -0.4 is 16.2 Å². The zero-order valence-corrected chi connectivity index (χ0v) is 16.4. The first kappa shape index (κ1) is 17.9. The predicted molar refractivity (Wildman–Crippen MR) is 116 cm³/mol. The van der Waals surface area contributed by atoms with E-state index in [1.54, 1.807) is 48.5 Å². The number of anilines is 1. The summed E-state index contributed by atoms with van der Waals surface area (Å²) in [7, 11) is 0. The zero-order chi connectivity index (χ0) is 21.1. The summed E-state index contributed by atoms with van der Waals surface area (Å²) in [4.78, 5) is 40.0. The molecule has 2 aliphatic rings. The Hall–Kier alpha value is -3.93. The number of Topliss-reactive ketones (excluding diaryl/α,β-unsaturated/α-hetero) is 1. The summed E-state index contributed by atoms with van der Waals surface area (Å²) in [5.41, 5.74) is 2.12. The van der Waals surface area contributed by atoms with Crippen LogP contribution in [0.1, 0.15) is 36.3 Å². The molecule has 1 unspecified atom stereocenters. The minimum Gasteiger partial charge on any atom is -0.464 e. The van der Waals surface area contributed by atoms with Crippen molar-refractivity contribution in [3.05, 3.63) is 97.6 Å². The second-order valence-electron chi connectivity index (χ2n) is 7.91. The van der Waals surface area contributed by atoms with E-state index in [9.17, 15) is 14.4 Å². The number of carbonyl (C=O) groups is 1. The number of rotatable bonds is 1. The van der Waals surface area contributed by atoms with E-state index in [4.69, 9.17) is 8.83 Å². The smallest absolute Gasteiger partial charge is 0.205 e. The van der Waals surface area contributed by atoms with Gasteiger partial charge in [0, 0.05) is 23.3 Å². The van der Waals surface area contributed by atoms with Crippen molar-refractivity contribution in [1.82, 2.24) is 0 Å². The van der Waals surface area contributed by atoms with Gasteiger partial charge >= 0.3 is 0 Å². The highest BCUT2D eigenvalue weighted by atomic mass is 16.3. The third kappa shape index (κ3) is 2.54. The molecule has 6 heteroatoms. The number of nitrogens with one attached hydrogen (secondary N) is 1. The second-order valence-corrected chi connectivity index (χ2v) is 7.91. The summed E-state index contributed by atoms with van der Waals surface area (Å²) in [6.45, 7) is 0. The zero-order valence-electron chi connectivity index (χ0n) is 16.4. The van der Waals surface area contributed by atoms with Gasteiger partial charge in [0.05, 0.1) is 28.5 Å². The van der Waals surface area contributed by atoms with E-state index in [0.717, 1.165) is 0 Å². The van der Waals surface area contributed by atoms with Gasteiger partial charge < -0.3 is 14.2 Å². The largest absolute Gasteiger partial charge is 0.464 e. The number of para-hydroxylation sites is 2. The number of allylic oxidation sites excluding steroid dienone is 2. The van der Waals surface area contributed by atoms with E-state index < -0.39 is 5.92 Å². The Balaban J connectivity index is 1.72. The Labute approximate surface area is 175 Å². The van der Waals surface area contributed by atoms with Crippen LogP contribution in [0.15, 0.2) is 84.5 Å². The van der Waals surface area contributed by atoms with Gasteiger partial charge in [0.1, 0.15) is 11.2 Å². The molecule has 6 rings (SSSR count). The number of fused-ring (bicyclic) bond motifs is 3. The minimum atomic E-state index is -0.833. The molecule has 0 saturated heterocycles. The average molecular weight is 411 g/mol. The van der Waals surface area contributed by atoms with Crippen LogP contribution in [0.5, 0.6) is 0 Å². The molecule has 2 aromatic heterocycles. The molecule has 0 spiro atoms. The van der Waals surface area contributed by atoms with Crippen LogP contribution in [0, 0.1) is 0 Å². The van der Waals surface area contributed by atoms with Gasteiger partial charge in [0.15, 0.2) is 16.6 Å². The highest BCUT2D eigenvalue weighted by Gasteiger charge is 2.40. The Morgan fingerprint density at radius 1 is 0.839 bits per heavy atom. The lowest BCUT2D eigenvalue weighted by molar-refractivity contribution is -0.116. The number of ketones is 1. The van der Waals surface area contributed by atoms with Gasteiger partial charge in [-0.05, 0) is 37.1 Å². The Morgan fingerprint density at radius 2 is 1.55 bits per heavy atom. The van der Waals surface area contributed by atoms with Crippen molar-refractivity contribution < 1.29 is 13.6 Å². The van der Waals surface area contributed by atoms with Crippen molar-refractivity contribution in [2.24, 2.45) is 0 Å². The van der Waals surface area contributed by atoms with E-state index in [2.05, 4.69) is 5.32 Å². The topological polar surface area (TPSA) is 89.5 Å². The number of hydrogen-bond donors (Lipinski definition) is 1. The summed E-state index contributed by atoms with van der Waals surface area (Å²) in [6.07, 6.45) is 3.11. The molecule has 6 nitrogen and oxygen atoms in total. The van der Waals surface area contributed by atoms with Gasteiger partial charge in [-0.3, -0.25) is 14.4 Å². The molecule has 1 N–H and O–H groups in total. The highest BCUT2D eigenvalue weighted by molar-refractivity contribution is 6.01. The maximum absolute atomic E-state index is 13.5. The molecule has 0 saturated carbocycles. The normalized spacial score (nSPS) is 18.1. The molecule has 1 atom stereocenters. The van der Waals surface area contributed by atoms with E-state index >= 15 is 0 Å². The molecule has 31 heavy (non-hydrogen) atoms. The van der Waals surface area contributed by atoms with Crippen LogP contribution in [-0.2, 0) is 4.79 Å². The molecule has 2 aromatic carbocycles. The fraction of sp³-hybridized carbons (Fsp3) is 0.160. The van der Waals surface area contributed by atoms with Gasteiger partial charge in [0.2, 0.25) is 5.88 Å². The van der Waals surface area contributed by atoms with Crippen molar-refractivity contribution in [1.29, 1.82) is 0 Å². The highest BCUT2D eigenvalue weighted by Crippen LogP contribution is 2.44. The number of hydrogen-bond acceptors (Lipinski definition) is 6. The summed E-state index contributed by atoms with van der Waals surface area (Å²) in [5.74, 6) is -0.611. The third-order valence-corrected chi connectivity index (χ3v) is 6.15. The first-order valence-electron chi connectivity index (χ1n) is 10.2. The molecule has 152 valence electrons. The third-order valence-electron chi connectivity index (χ3n) is 6.15. The molecule has 3 heterocycles. The molecule has 0 radical (unpaired) electrons. The summed E-state index contributed by atoms with van der Waals surface area (Å²) in [6, 6.07) is 13.9. The molecular weight excluding hydrogens is 394 g/mol. The fourth-order valence-electron chi connectivity index (χ4n) is 4.72. The van der Waals surface area contributed by atoms with E-state index in [0.29, 0.717) is 52.5 Å². The second kappa shape index (κ2) is 6.54. The van der Waals surface area contributed by atoms with Crippen LogP contribution in [0.25, 0.3) is 21.9 Å². The maximum atomic E-state index is 13.5. The van der Waals surface area contributed by atoms with Crippen LogP contribution in [0.2, 0.25) is 0 Å². The lowest BCUT2D eigenvalue weighted by atomic mass is 9.76. The van der Waals surface area contributed by atoms with Gasteiger partial charge in [-0.15, -0.1) is 0 Å². The van der Waals surface area contributed by atoms with Crippen LogP contribution >= 0.6 is 0 Å². The lowest BCUT2D eigenvalue weighted by Gasteiger charge is -2.32. The Kier molecular flexibility index (Phi) is 3.77. The Morgan fingerprint density at radius 3 is 2.35 bits per heavy atom. The molecule has 0 fully saturated rings.